The van der Waals surface area contributed by atoms with Crippen LogP contribution in [0.15, 0.2) is 48.7 Å². The number of nitrogens with zero attached hydrogens (tertiary/aromatic N) is 2. The molecular formula is C22H17Cl2F2N3O2. The molecule has 0 atom stereocenters. The Kier molecular flexibility index (Phi) is 6.87. The van der Waals surface area contributed by atoms with Gasteiger partial charge >= 0.3 is 0 Å². The van der Waals surface area contributed by atoms with Crippen molar-refractivity contribution >= 4 is 52.2 Å². The van der Waals surface area contributed by atoms with Crippen LogP contribution >= 0.6 is 23.2 Å². The zero-order valence-corrected chi connectivity index (χ0v) is 18.1. The van der Waals surface area contributed by atoms with Crippen molar-refractivity contribution in [2.75, 3.05) is 10.2 Å². The first-order chi connectivity index (χ1) is 14.7. The molecule has 2 amide bonds. The summed E-state index contributed by atoms with van der Waals surface area (Å²) in [6.07, 6.45) is 1.32. The molecule has 1 N–H and O–H groups in total. The van der Waals surface area contributed by atoms with Crippen LogP contribution < -0.4 is 10.2 Å². The van der Waals surface area contributed by atoms with Crippen LogP contribution in [-0.2, 0) is 16.0 Å². The molecule has 0 aliphatic carbocycles. The van der Waals surface area contributed by atoms with E-state index in [1.165, 1.54) is 31.3 Å². The minimum absolute atomic E-state index is 0.0603. The zero-order valence-electron chi connectivity index (χ0n) is 16.5. The minimum Gasteiger partial charge on any atom is -0.326 e. The molecule has 1 aromatic heterocycles. The summed E-state index contributed by atoms with van der Waals surface area (Å²) in [7, 11) is 0. The summed E-state index contributed by atoms with van der Waals surface area (Å²) in [5.74, 6) is -2.86. The molecule has 0 unspecified atom stereocenters. The van der Waals surface area contributed by atoms with Gasteiger partial charge in [-0.2, -0.15) is 0 Å². The van der Waals surface area contributed by atoms with Crippen molar-refractivity contribution < 1.29 is 18.4 Å². The number of hydrogen-bond acceptors (Lipinski definition) is 3. The van der Waals surface area contributed by atoms with Crippen molar-refractivity contribution in [3.8, 4) is 0 Å². The van der Waals surface area contributed by atoms with E-state index < -0.39 is 17.5 Å². The topological polar surface area (TPSA) is 62.3 Å². The fourth-order valence-corrected chi connectivity index (χ4v) is 3.71. The Morgan fingerprint density at radius 2 is 1.71 bits per heavy atom. The first-order valence-corrected chi connectivity index (χ1v) is 9.87. The number of carbonyl (C=O) groups is 2. The number of amides is 2. The largest absolute Gasteiger partial charge is 0.326 e. The molecule has 0 saturated heterocycles. The van der Waals surface area contributed by atoms with Gasteiger partial charge in [0, 0.05) is 41.0 Å². The molecule has 160 valence electrons. The van der Waals surface area contributed by atoms with Gasteiger partial charge in [-0.3, -0.25) is 14.5 Å². The second-order valence-electron chi connectivity index (χ2n) is 6.79. The van der Waals surface area contributed by atoms with Crippen molar-refractivity contribution in [2.24, 2.45) is 0 Å². The van der Waals surface area contributed by atoms with Gasteiger partial charge in [0.05, 0.1) is 12.1 Å². The molecule has 3 rings (SSSR count). The quantitative estimate of drug-likeness (QED) is 0.516. The molecule has 0 radical (unpaired) electrons. The number of pyridine rings is 1. The predicted octanol–water partition coefficient (Wildman–Crippen LogP) is 5.84. The lowest BCUT2D eigenvalue weighted by molar-refractivity contribution is -0.116. The number of carbonyl (C=O) groups excluding carboxylic acids is 2. The summed E-state index contributed by atoms with van der Waals surface area (Å²) in [5.41, 5.74) is 1.82. The van der Waals surface area contributed by atoms with Crippen LogP contribution in [0.3, 0.4) is 0 Å². The average Bonchev–Trinajstić information content (AvgIpc) is 2.67. The van der Waals surface area contributed by atoms with Crippen molar-refractivity contribution in [3.05, 3.63) is 81.5 Å². The van der Waals surface area contributed by atoms with Gasteiger partial charge in [0.2, 0.25) is 11.8 Å². The summed E-state index contributed by atoms with van der Waals surface area (Å²) < 4.78 is 26.9. The van der Waals surface area contributed by atoms with Crippen molar-refractivity contribution in [1.29, 1.82) is 0 Å². The minimum atomic E-state index is -1.10. The predicted molar refractivity (Wildman–Crippen MR) is 117 cm³/mol. The van der Waals surface area contributed by atoms with Crippen LogP contribution in [0.4, 0.5) is 26.0 Å². The molecule has 0 spiro atoms. The molecule has 0 saturated carbocycles. The third-order valence-corrected chi connectivity index (χ3v) is 5.03. The van der Waals surface area contributed by atoms with Crippen LogP contribution in [-0.4, -0.2) is 16.8 Å². The van der Waals surface area contributed by atoms with Gasteiger partial charge in [0.25, 0.3) is 0 Å². The number of anilines is 3. The standard InChI is InChI=1S/C22H17Cl2F2N3O2/c1-12-7-17(23)16(18(24)8-12)11-22(31)28-14-5-6-27-21(9-14)29(13(2)30)15-3-4-19(25)20(26)10-15/h3-10H,11H2,1-2H3,(H,27,28,31). The number of aromatic nitrogens is 1. The van der Waals surface area contributed by atoms with E-state index in [1.54, 1.807) is 12.1 Å². The number of hydrogen-bond donors (Lipinski definition) is 1. The first-order valence-electron chi connectivity index (χ1n) is 9.12. The number of nitrogens with one attached hydrogen (secondary N) is 1. The van der Waals surface area contributed by atoms with E-state index in [-0.39, 0.29) is 23.8 Å². The van der Waals surface area contributed by atoms with Crippen LogP contribution in [0.25, 0.3) is 0 Å². The fraction of sp³-hybridized carbons (Fsp3) is 0.136. The molecule has 5 nitrogen and oxygen atoms in total. The van der Waals surface area contributed by atoms with Gasteiger partial charge < -0.3 is 5.32 Å². The van der Waals surface area contributed by atoms with Crippen LogP contribution in [0.2, 0.25) is 10.0 Å². The zero-order chi connectivity index (χ0) is 22.7. The monoisotopic (exact) mass is 463 g/mol. The Labute approximate surface area is 187 Å². The lowest BCUT2D eigenvalue weighted by atomic mass is 10.1. The van der Waals surface area contributed by atoms with Crippen molar-refractivity contribution in [2.45, 2.75) is 20.3 Å². The van der Waals surface area contributed by atoms with Crippen LogP contribution in [0.1, 0.15) is 18.1 Å². The van der Waals surface area contributed by atoms with Gasteiger partial charge in [0.15, 0.2) is 11.6 Å². The van der Waals surface area contributed by atoms with Crippen LogP contribution in [0, 0.1) is 18.6 Å². The third kappa shape index (κ3) is 5.37. The van der Waals surface area contributed by atoms with E-state index in [1.807, 2.05) is 6.92 Å². The average molecular weight is 464 g/mol. The number of halogens is 4. The fourth-order valence-electron chi connectivity index (χ4n) is 2.98. The molecule has 1 heterocycles. The first kappa shape index (κ1) is 22.7. The van der Waals surface area contributed by atoms with E-state index in [2.05, 4.69) is 10.3 Å². The van der Waals surface area contributed by atoms with Gasteiger partial charge in [-0.1, -0.05) is 23.2 Å². The van der Waals surface area contributed by atoms with Crippen molar-refractivity contribution in [1.82, 2.24) is 4.98 Å². The summed E-state index contributed by atoms with van der Waals surface area (Å²) in [6.45, 7) is 3.10. The molecule has 3 aromatic rings. The van der Waals surface area contributed by atoms with E-state index in [0.29, 0.717) is 21.3 Å². The smallest absolute Gasteiger partial charge is 0.229 e. The molecule has 0 aliphatic rings. The van der Waals surface area contributed by atoms with E-state index in [4.69, 9.17) is 23.2 Å². The molecule has 31 heavy (non-hydrogen) atoms. The number of aryl methyl sites for hydroxylation is 1. The Balaban J connectivity index is 1.84. The second kappa shape index (κ2) is 9.41. The molecule has 0 aliphatic heterocycles. The highest BCUT2D eigenvalue weighted by Gasteiger charge is 2.19. The highest BCUT2D eigenvalue weighted by molar-refractivity contribution is 6.36. The Bertz CT molecular complexity index is 1150. The van der Waals surface area contributed by atoms with Gasteiger partial charge in [-0.25, -0.2) is 13.8 Å². The lowest BCUT2D eigenvalue weighted by Gasteiger charge is -2.21. The SMILES string of the molecule is CC(=O)N(c1ccc(F)c(F)c1)c1cc(NC(=O)Cc2c(Cl)cc(C)cc2Cl)ccn1. The number of benzene rings is 2. The summed E-state index contributed by atoms with van der Waals surface area (Å²) in [4.78, 5) is 29.9. The highest BCUT2D eigenvalue weighted by Crippen LogP contribution is 2.29. The molecule has 0 fully saturated rings. The van der Waals surface area contributed by atoms with E-state index in [0.717, 1.165) is 22.6 Å². The summed E-state index contributed by atoms with van der Waals surface area (Å²) in [5, 5.41) is 3.47. The summed E-state index contributed by atoms with van der Waals surface area (Å²) in [6, 6.07) is 9.48. The summed E-state index contributed by atoms with van der Waals surface area (Å²) >= 11 is 12.4. The Morgan fingerprint density at radius 3 is 2.32 bits per heavy atom. The second-order valence-corrected chi connectivity index (χ2v) is 7.60. The van der Waals surface area contributed by atoms with E-state index in [9.17, 15) is 18.4 Å². The number of rotatable bonds is 5. The molecule has 0 bridgehead atoms. The highest BCUT2D eigenvalue weighted by atomic mass is 35.5. The maximum Gasteiger partial charge on any atom is 0.229 e. The molecule has 2 aromatic carbocycles. The van der Waals surface area contributed by atoms with Gasteiger partial charge in [0.1, 0.15) is 5.82 Å². The maximum atomic E-state index is 13.7. The normalized spacial score (nSPS) is 10.6. The molecule has 9 heteroatoms. The lowest BCUT2D eigenvalue weighted by Crippen LogP contribution is -2.24. The third-order valence-electron chi connectivity index (χ3n) is 4.36. The van der Waals surface area contributed by atoms with Crippen LogP contribution in [0.5, 0.6) is 0 Å². The van der Waals surface area contributed by atoms with Gasteiger partial charge in [-0.15, -0.1) is 0 Å². The molecular weight excluding hydrogens is 447 g/mol. The Morgan fingerprint density at radius 1 is 1.03 bits per heavy atom. The Hall–Kier alpha value is -3.03. The van der Waals surface area contributed by atoms with Gasteiger partial charge in [-0.05, 0) is 48.4 Å². The maximum absolute atomic E-state index is 13.7. The van der Waals surface area contributed by atoms with Crippen molar-refractivity contribution in [3.63, 3.8) is 0 Å². The van der Waals surface area contributed by atoms with E-state index >= 15 is 0 Å².